The Morgan fingerprint density at radius 3 is 2.42 bits per heavy atom. The molecule has 0 saturated carbocycles. The molecule has 4 nitrogen and oxygen atoms in total. The maximum atomic E-state index is 12.5. The molecule has 1 N–H and O–H groups in total. The van der Waals surface area contributed by atoms with Gasteiger partial charge in [0.2, 0.25) is 0 Å². The van der Waals surface area contributed by atoms with E-state index in [1.165, 1.54) is 0 Å². The Morgan fingerprint density at radius 1 is 1.06 bits per heavy atom. The zero-order chi connectivity index (χ0) is 21.8. The minimum atomic E-state index is -0.259. The zero-order valence-electron chi connectivity index (χ0n) is 17.0. The Kier molecular flexibility index (Phi) is 6.68. The molecule has 0 atom stereocenters. The summed E-state index contributed by atoms with van der Waals surface area (Å²) in [6, 6.07) is 23.8. The first kappa shape index (κ1) is 21.5. The van der Waals surface area contributed by atoms with Crippen molar-refractivity contribution in [1.82, 2.24) is 4.57 Å². The highest BCUT2D eigenvalue weighted by Gasteiger charge is 2.22. The van der Waals surface area contributed by atoms with Crippen molar-refractivity contribution in [3.8, 4) is 11.4 Å². The van der Waals surface area contributed by atoms with Crippen molar-refractivity contribution in [3.63, 3.8) is 0 Å². The Morgan fingerprint density at radius 2 is 1.74 bits per heavy atom. The second kappa shape index (κ2) is 9.62. The number of thioether (sulfide) groups is 1. The summed E-state index contributed by atoms with van der Waals surface area (Å²) >= 11 is 5.15. The molecule has 4 rings (SSSR count). The van der Waals surface area contributed by atoms with Crippen LogP contribution in [0.15, 0.2) is 82.2 Å². The minimum absolute atomic E-state index is 0.159. The largest absolute Gasteiger partial charge is 0.507 e. The molecule has 1 heterocycles. The van der Waals surface area contributed by atoms with Gasteiger partial charge in [0.25, 0.3) is 0 Å². The van der Waals surface area contributed by atoms with E-state index in [1.54, 1.807) is 17.8 Å². The van der Waals surface area contributed by atoms with E-state index in [9.17, 15) is 9.90 Å². The van der Waals surface area contributed by atoms with E-state index >= 15 is 0 Å². The molecule has 0 spiro atoms. The van der Waals surface area contributed by atoms with Gasteiger partial charge in [-0.2, -0.15) is 0 Å². The zero-order valence-corrected chi connectivity index (χ0v) is 19.4. The fourth-order valence-corrected chi connectivity index (χ4v) is 4.96. The van der Waals surface area contributed by atoms with Crippen LogP contribution >= 0.6 is 27.7 Å². The fraction of sp³-hybridized carbons (Fsp3) is 0.160. The second-order valence-corrected chi connectivity index (χ2v) is 8.90. The standard InChI is InChI=1S/C25H22BrNO3S/c1-2-30-25(29)14-20-19-13-21(26)24(28)15-22(19)27(17-9-5-3-6-10-17)23(20)16-31-18-11-7-4-8-12-18/h3-13,15,28H,2,14,16H2,1H3. The summed E-state index contributed by atoms with van der Waals surface area (Å²) in [6.45, 7) is 2.15. The van der Waals surface area contributed by atoms with E-state index in [0.717, 1.165) is 32.7 Å². The lowest BCUT2D eigenvalue weighted by atomic mass is 10.1. The van der Waals surface area contributed by atoms with Gasteiger partial charge in [0.05, 0.1) is 23.0 Å². The summed E-state index contributed by atoms with van der Waals surface area (Å²) in [5.41, 5.74) is 3.77. The van der Waals surface area contributed by atoms with Crippen molar-refractivity contribution in [2.45, 2.75) is 24.0 Å². The van der Waals surface area contributed by atoms with Crippen LogP contribution in [0, 0.1) is 0 Å². The number of esters is 1. The molecule has 3 aromatic carbocycles. The Hall–Kier alpha value is -2.70. The second-order valence-electron chi connectivity index (χ2n) is 7.00. The third kappa shape index (κ3) is 4.65. The van der Waals surface area contributed by atoms with Gasteiger partial charge in [-0.25, -0.2) is 0 Å². The number of aromatic hydroxyl groups is 1. The fourth-order valence-electron chi connectivity index (χ4n) is 3.66. The molecule has 6 heteroatoms. The van der Waals surface area contributed by atoms with E-state index in [0.29, 0.717) is 16.8 Å². The molecule has 1 aromatic heterocycles. The monoisotopic (exact) mass is 495 g/mol. The molecule has 0 fully saturated rings. The van der Waals surface area contributed by atoms with Crippen molar-refractivity contribution in [2.75, 3.05) is 6.61 Å². The van der Waals surface area contributed by atoms with Crippen molar-refractivity contribution in [1.29, 1.82) is 0 Å². The molecule has 0 saturated heterocycles. The predicted octanol–water partition coefficient (Wildman–Crippen LogP) is 6.50. The van der Waals surface area contributed by atoms with Gasteiger partial charge in [-0.05, 0) is 58.7 Å². The number of phenolic OH excluding ortho intramolecular Hbond substituents is 1. The number of para-hydroxylation sites is 1. The maximum Gasteiger partial charge on any atom is 0.310 e. The van der Waals surface area contributed by atoms with Gasteiger partial charge < -0.3 is 14.4 Å². The predicted molar refractivity (Wildman–Crippen MR) is 129 cm³/mol. The molecule has 0 aliphatic rings. The quantitative estimate of drug-likeness (QED) is 0.235. The topological polar surface area (TPSA) is 51.5 Å². The molecule has 0 radical (unpaired) electrons. The number of aromatic nitrogens is 1. The molecule has 0 aliphatic heterocycles. The van der Waals surface area contributed by atoms with Gasteiger partial charge in [0.1, 0.15) is 5.75 Å². The number of rotatable bonds is 7. The smallest absolute Gasteiger partial charge is 0.310 e. The van der Waals surface area contributed by atoms with Crippen LogP contribution in [0.5, 0.6) is 5.75 Å². The van der Waals surface area contributed by atoms with Crippen LogP contribution in [0.2, 0.25) is 0 Å². The molecule has 0 aliphatic carbocycles. The summed E-state index contributed by atoms with van der Waals surface area (Å²) in [5, 5.41) is 11.3. The van der Waals surface area contributed by atoms with E-state index < -0.39 is 0 Å². The van der Waals surface area contributed by atoms with Crippen molar-refractivity contribution >= 4 is 44.6 Å². The van der Waals surface area contributed by atoms with Gasteiger partial charge in [0.15, 0.2) is 0 Å². The van der Waals surface area contributed by atoms with Crippen molar-refractivity contribution in [3.05, 3.63) is 88.5 Å². The summed E-state index contributed by atoms with van der Waals surface area (Å²) in [4.78, 5) is 13.6. The maximum absolute atomic E-state index is 12.5. The number of hydrogen-bond acceptors (Lipinski definition) is 4. The third-order valence-electron chi connectivity index (χ3n) is 5.01. The third-order valence-corrected chi connectivity index (χ3v) is 6.67. The SMILES string of the molecule is CCOC(=O)Cc1c(CSc2ccccc2)n(-c2ccccc2)c2cc(O)c(Br)cc12. The lowest BCUT2D eigenvalue weighted by Gasteiger charge is -2.13. The van der Waals surface area contributed by atoms with Gasteiger partial charge in [-0.3, -0.25) is 4.79 Å². The molecular formula is C25H22BrNO3S. The molecule has 0 unspecified atom stereocenters. The van der Waals surface area contributed by atoms with E-state index in [2.05, 4.69) is 32.6 Å². The molecule has 0 amide bonds. The molecule has 31 heavy (non-hydrogen) atoms. The first-order chi connectivity index (χ1) is 15.1. The van der Waals surface area contributed by atoms with Crippen LogP contribution in [0.1, 0.15) is 18.2 Å². The number of halogens is 1. The van der Waals surface area contributed by atoms with Gasteiger partial charge >= 0.3 is 5.97 Å². The van der Waals surface area contributed by atoms with Gasteiger partial charge in [-0.1, -0.05) is 36.4 Å². The number of ether oxygens (including phenoxy) is 1. The average molecular weight is 496 g/mol. The number of fused-ring (bicyclic) bond motifs is 1. The van der Waals surface area contributed by atoms with Gasteiger partial charge in [-0.15, -0.1) is 11.8 Å². The molecular weight excluding hydrogens is 474 g/mol. The number of nitrogens with zero attached hydrogens (tertiary/aromatic N) is 1. The highest BCUT2D eigenvalue weighted by Crippen LogP contribution is 2.38. The molecule has 4 aromatic rings. The number of carbonyl (C=O) groups excluding carboxylic acids is 1. The van der Waals surface area contributed by atoms with Crippen molar-refractivity contribution < 1.29 is 14.6 Å². The lowest BCUT2D eigenvalue weighted by Crippen LogP contribution is -2.09. The van der Waals surface area contributed by atoms with Crippen LogP contribution in [0.3, 0.4) is 0 Å². The highest BCUT2D eigenvalue weighted by atomic mass is 79.9. The normalized spacial score (nSPS) is 11.0. The minimum Gasteiger partial charge on any atom is -0.507 e. The summed E-state index contributed by atoms with van der Waals surface area (Å²) in [6.07, 6.45) is 0.173. The van der Waals surface area contributed by atoms with E-state index in [4.69, 9.17) is 4.74 Å². The van der Waals surface area contributed by atoms with Crippen LogP contribution in [0.4, 0.5) is 0 Å². The van der Waals surface area contributed by atoms with Crippen LogP contribution in [-0.4, -0.2) is 22.2 Å². The Balaban J connectivity index is 1.92. The molecule has 0 bridgehead atoms. The van der Waals surface area contributed by atoms with E-state index in [1.807, 2.05) is 61.5 Å². The first-order valence-electron chi connectivity index (χ1n) is 10.0. The lowest BCUT2D eigenvalue weighted by molar-refractivity contribution is -0.142. The number of benzene rings is 3. The highest BCUT2D eigenvalue weighted by molar-refractivity contribution is 9.10. The number of phenols is 1. The number of carbonyl (C=O) groups is 1. The van der Waals surface area contributed by atoms with Crippen LogP contribution in [-0.2, 0) is 21.7 Å². The van der Waals surface area contributed by atoms with Crippen LogP contribution < -0.4 is 0 Å². The molecule has 158 valence electrons. The number of hydrogen-bond donors (Lipinski definition) is 1. The first-order valence-corrected chi connectivity index (χ1v) is 11.8. The van der Waals surface area contributed by atoms with Crippen molar-refractivity contribution in [2.24, 2.45) is 0 Å². The Bertz CT molecular complexity index is 1210. The van der Waals surface area contributed by atoms with Crippen LogP contribution in [0.25, 0.3) is 16.6 Å². The summed E-state index contributed by atoms with van der Waals surface area (Å²) in [5.74, 6) is 0.567. The Labute approximate surface area is 194 Å². The summed E-state index contributed by atoms with van der Waals surface area (Å²) in [7, 11) is 0. The average Bonchev–Trinajstić information content (AvgIpc) is 3.06. The van der Waals surface area contributed by atoms with Gasteiger partial charge in [0, 0.05) is 33.5 Å². The summed E-state index contributed by atoms with van der Waals surface area (Å²) < 4.78 is 7.99. The van der Waals surface area contributed by atoms with E-state index in [-0.39, 0.29) is 18.1 Å².